The van der Waals surface area contributed by atoms with Gasteiger partial charge in [0.2, 0.25) is 0 Å². The molecule has 0 aliphatic carbocycles. The Bertz CT molecular complexity index is 458. The molecule has 0 unspecified atom stereocenters. The van der Waals surface area contributed by atoms with Crippen molar-refractivity contribution in [1.29, 1.82) is 0 Å². The molecule has 1 fully saturated rings. The van der Waals surface area contributed by atoms with Gasteiger partial charge in [-0.05, 0) is 25.3 Å². The number of ether oxygens (including phenoxy) is 1. The van der Waals surface area contributed by atoms with Crippen LogP contribution in [0, 0.1) is 6.92 Å². The maximum atomic E-state index is 5.89. The molecule has 0 atom stereocenters. The summed E-state index contributed by atoms with van der Waals surface area (Å²) in [6.07, 6.45) is 2.00. The van der Waals surface area contributed by atoms with Gasteiger partial charge in [0.05, 0.1) is 13.2 Å². The normalized spacial score (nSPS) is 16.0. The highest BCUT2D eigenvalue weighted by molar-refractivity contribution is 14.0. The number of nitrogens with one attached hydrogen (secondary N) is 1. The van der Waals surface area contributed by atoms with E-state index < -0.39 is 0 Å². The molecule has 3 N–H and O–H groups in total. The van der Waals surface area contributed by atoms with Gasteiger partial charge in [0.15, 0.2) is 5.96 Å². The minimum atomic E-state index is 0. The number of guanidine groups is 1. The van der Waals surface area contributed by atoms with Gasteiger partial charge >= 0.3 is 0 Å². The van der Waals surface area contributed by atoms with Crippen LogP contribution in [0.1, 0.15) is 17.5 Å². The van der Waals surface area contributed by atoms with E-state index in [1.54, 1.807) is 0 Å². The summed E-state index contributed by atoms with van der Waals surface area (Å²) in [6, 6.07) is 8.59. The minimum Gasteiger partial charge on any atom is -0.379 e. The molecular weight excluding hydrogens is 403 g/mol. The van der Waals surface area contributed by atoms with Crippen LogP contribution in [0.4, 0.5) is 0 Å². The highest BCUT2D eigenvalue weighted by Crippen LogP contribution is 2.03. The molecule has 1 aromatic carbocycles. The molecule has 0 radical (unpaired) electrons. The molecule has 6 heteroatoms. The Labute approximate surface area is 156 Å². The van der Waals surface area contributed by atoms with Crippen LogP contribution in [0.5, 0.6) is 0 Å². The lowest BCUT2D eigenvalue weighted by Gasteiger charge is -2.26. The van der Waals surface area contributed by atoms with Crippen LogP contribution >= 0.6 is 24.0 Å². The molecule has 0 saturated carbocycles. The molecule has 130 valence electrons. The molecule has 1 aliphatic heterocycles. The van der Waals surface area contributed by atoms with Crippen LogP contribution in [0.25, 0.3) is 0 Å². The van der Waals surface area contributed by atoms with Gasteiger partial charge < -0.3 is 15.8 Å². The third-order valence-corrected chi connectivity index (χ3v) is 3.86. The Kier molecular flexibility index (Phi) is 10.2. The quantitative estimate of drug-likeness (QED) is 0.299. The van der Waals surface area contributed by atoms with Crippen molar-refractivity contribution in [3.05, 3.63) is 35.4 Å². The smallest absolute Gasteiger partial charge is 0.188 e. The van der Waals surface area contributed by atoms with Gasteiger partial charge in [0.25, 0.3) is 0 Å². The second-order valence-corrected chi connectivity index (χ2v) is 5.74. The van der Waals surface area contributed by atoms with Gasteiger partial charge in [0, 0.05) is 32.7 Å². The monoisotopic (exact) mass is 432 g/mol. The lowest BCUT2D eigenvalue weighted by molar-refractivity contribution is 0.0377. The summed E-state index contributed by atoms with van der Waals surface area (Å²) in [4.78, 5) is 6.80. The van der Waals surface area contributed by atoms with Crippen molar-refractivity contribution in [2.75, 3.05) is 45.9 Å². The number of nitrogens with zero attached hydrogens (tertiary/aromatic N) is 2. The molecule has 23 heavy (non-hydrogen) atoms. The third-order valence-electron chi connectivity index (χ3n) is 3.86. The number of hydrogen-bond donors (Lipinski definition) is 2. The van der Waals surface area contributed by atoms with Crippen LogP contribution in [0.15, 0.2) is 29.3 Å². The van der Waals surface area contributed by atoms with Crippen molar-refractivity contribution in [2.24, 2.45) is 10.7 Å². The number of benzene rings is 1. The van der Waals surface area contributed by atoms with E-state index in [2.05, 4.69) is 46.4 Å². The fourth-order valence-electron chi connectivity index (χ4n) is 2.46. The standard InChI is InChI=1S/C17H28N4O.HI/c1-15-3-5-16(6-4-15)7-9-20-17(18)19-8-2-10-21-11-13-22-14-12-21;/h3-6H,2,7-14H2,1H3,(H3,18,19,20);1H. The van der Waals surface area contributed by atoms with Crippen LogP contribution in [0.2, 0.25) is 0 Å². The average Bonchev–Trinajstić information content (AvgIpc) is 2.54. The number of nitrogens with two attached hydrogens (primary N) is 1. The Balaban J connectivity index is 0.00000264. The van der Waals surface area contributed by atoms with E-state index in [-0.39, 0.29) is 24.0 Å². The first kappa shape index (κ1) is 20.2. The first-order valence-electron chi connectivity index (χ1n) is 8.13. The lowest BCUT2D eigenvalue weighted by atomic mass is 10.1. The molecule has 1 aromatic rings. The predicted octanol–water partition coefficient (Wildman–Crippen LogP) is 1.78. The summed E-state index contributed by atoms with van der Waals surface area (Å²) in [5.74, 6) is 0.550. The maximum Gasteiger partial charge on any atom is 0.188 e. The van der Waals surface area contributed by atoms with Crippen molar-refractivity contribution in [2.45, 2.75) is 19.8 Å². The zero-order valence-electron chi connectivity index (χ0n) is 14.0. The van der Waals surface area contributed by atoms with Crippen molar-refractivity contribution >= 4 is 29.9 Å². The fraction of sp³-hybridized carbons (Fsp3) is 0.588. The Morgan fingerprint density at radius 1 is 1.26 bits per heavy atom. The van der Waals surface area contributed by atoms with Gasteiger partial charge in [-0.3, -0.25) is 9.89 Å². The van der Waals surface area contributed by atoms with Gasteiger partial charge in [0.1, 0.15) is 0 Å². The molecule has 0 aromatic heterocycles. The summed E-state index contributed by atoms with van der Waals surface area (Å²) in [5, 5.41) is 3.18. The van der Waals surface area contributed by atoms with Gasteiger partial charge in [-0.25, -0.2) is 0 Å². The fourth-order valence-corrected chi connectivity index (χ4v) is 2.46. The number of morpholine rings is 1. The Morgan fingerprint density at radius 3 is 2.65 bits per heavy atom. The van der Waals surface area contributed by atoms with Gasteiger partial charge in [-0.2, -0.15) is 0 Å². The van der Waals surface area contributed by atoms with Crippen molar-refractivity contribution in [1.82, 2.24) is 10.2 Å². The second-order valence-electron chi connectivity index (χ2n) is 5.74. The van der Waals surface area contributed by atoms with E-state index in [0.717, 1.165) is 58.8 Å². The van der Waals surface area contributed by atoms with E-state index in [0.29, 0.717) is 5.96 Å². The molecule has 1 heterocycles. The largest absolute Gasteiger partial charge is 0.379 e. The topological polar surface area (TPSA) is 62.9 Å². The van der Waals surface area contributed by atoms with Crippen molar-refractivity contribution in [3.63, 3.8) is 0 Å². The van der Waals surface area contributed by atoms with Crippen molar-refractivity contribution in [3.8, 4) is 0 Å². The summed E-state index contributed by atoms with van der Waals surface area (Å²) in [6.45, 7) is 8.55. The van der Waals surface area contributed by atoms with E-state index in [1.165, 1.54) is 11.1 Å². The number of hydrogen-bond acceptors (Lipinski definition) is 3. The highest BCUT2D eigenvalue weighted by atomic mass is 127. The number of rotatable bonds is 7. The number of halogens is 1. The van der Waals surface area contributed by atoms with Crippen LogP contribution in [-0.4, -0.2) is 56.8 Å². The molecular formula is C17H29IN4O. The van der Waals surface area contributed by atoms with Crippen LogP contribution < -0.4 is 11.1 Å². The Hall–Kier alpha value is -0.860. The highest BCUT2D eigenvalue weighted by Gasteiger charge is 2.08. The summed E-state index contributed by atoms with van der Waals surface area (Å²) in [5.41, 5.74) is 8.49. The van der Waals surface area contributed by atoms with Gasteiger partial charge in [-0.1, -0.05) is 29.8 Å². The second kappa shape index (κ2) is 11.6. The maximum absolute atomic E-state index is 5.89. The molecule has 1 aliphatic rings. The SMILES string of the molecule is Cc1ccc(CCNC(N)=NCCCN2CCOCC2)cc1.I. The predicted molar refractivity (Wildman–Crippen MR) is 107 cm³/mol. The molecule has 0 spiro atoms. The zero-order chi connectivity index (χ0) is 15.6. The van der Waals surface area contributed by atoms with Gasteiger partial charge in [-0.15, -0.1) is 24.0 Å². The molecule has 5 nitrogen and oxygen atoms in total. The van der Waals surface area contributed by atoms with E-state index in [1.807, 2.05) is 0 Å². The first-order valence-corrected chi connectivity index (χ1v) is 8.13. The first-order chi connectivity index (χ1) is 10.7. The number of aliphatic imine (C=N–C) groups is 1. The van der Waals surface area contributed by atoms with Crippen LogP contribution in [0.3, 0.4) is 0 Å². The third kappa shape index (κ3) is 8.53. The average molecular weight is 432 g/mol. The zero-order valence-corrected chi connectivity index (χ0v) is 16.3. The number of aryl methyl sites for hydroxylation is 1. The van der Waals surface area contributed by atoms with E-state index in [9.17, 15) is 0 Å². The molecule has 0 amide bonds. The molecule has 0 bridgehead atoms. The summed E-state index contributed by atoms with van der Waals surface area (Å²) < 4.78 is 5.33. The molecule has 1 saturated heterocycles. The lowest BCUT2D eigenvalue weighted by Crippen LogP contribution is -2.37. The van der Waals surface area contributed by atoms with E-state index in [4.69, 9.17) is 10.5 Å². The van der Waals surface area contributed by atoms with Crippen LogP contribution in [-0.2, 0) is 11.2 Å². The summed E-state index contributed by atoms with van der Waals surface area (Å²) >= 11 is 0. The summed E-state index contributed by atoms with van der Waals surface area (Å²) in [7, 11) is 0. The molecule has 2 rings (SSSR count). The van der Waals surface area contributed by atoms with E-state index >= 15 is 0 Å². The minimum absolute atomic E-state index is 0. The van der Waals surface area contributed by atoms with Crippen molar-refractivity contribution < 1.29 is 4.74 Å². The Morgan fingerprint density at radius 2 is 1.96 bits per heavy atom.